The first-order chi connectivity index (χ1) is 12.3. The highest BCUT2D eigenvalue weighted by molar-refractivity contribution is 6.04. The lowest BCUT2D eigenvalue weighted by molar-refractivity contribution is -0.123. The van der Waals surface area contributed by atoms with Crippen molar-refractivity contribution in [2.24, 2.45) is 5.41 Å². The second-order valence-electron chi connectivity index (χ2n) is 7.12. The van der Waals surface area contributed by atoms with E-state index in [2.05, 4.69) is 10.6 Å². The maximum Gasteiger partial charge on any atom is 0.253 e. The molecule has 26 heavy (non-hydrogen) atoms. The van der Waals surface area contributed by atoms with Gasteiger partial charge in [0.1, 0.15) is 0 Å². The second kappa shape index (κ2) is 7.07. The minimum absolute atomic E-state index is 0.145. The van der Waals surface area contributed by atoms with E-state index in [-0.39, 0.29) is 18.6 Å². The van der Waals surface area contributed by atoms with Gasteiger partial charge in [0.2, 0.25) is 12.7 Å². The van der Waals surface area contributed by atoms with Crippen LogP contribution >= 0.6 is 0 Å². The monoisotopic (exact) mass is 354 g/mol. The lowest BCUT2D eigenvalue weighted by Crippen LogP contribution is -2.30. The number of amides is 2. The SMILES string of the molecule is CC(C)(C)C(=O)Nc1ccccc1C(=O)NCc1ccc2c(c1)OCO2. The summed E-state index contributed by atoms with van der Waals surface area (Å²) in [4.78, 5) is 24.8. The first-order valence-corrected chi connectivity index (χ1v) is 8.42. The lowest BCUT2D eigenvalue weighted by Gasteiger charge is -2.19. The Labute approximate surface area is 152 Å². The molecule has 1 heterocycles. The third kappa shape index (κ3) is 3.96. The summed E-state index contributed by atoms with van der Waals surface area (Å²) in [5, 5.41) is 5.70. The summed E-state index contributed by atoms with van der Waals surface area (Å²) in [6.45, 7) is 6.03. The van der Waals surface area contributed by atoms with Gasteiger partial charge in [0.05, 0.1) is 11.3 Å². The van der Waals surface area contributed by atoms with Gasteiger partial charge in [-0.05, 0) is 29.8 Å². The highest BCUT2D eigenvalue weighted by Gasteiger charge is 2.23. The summed E-state index contributed by atoms with van der Waals surface area (Å²) in [7, 11) is 0. The third-order valence-electron chi connectivity index (χ3n) is 3.99. The van der Waals surface area contributed by atoms with Crippen LogP contribution in [-0.2, 0) is 11.3 Å². The summed E-state index contributed by atoms with van der Waals surface area (Å²) in [6.07, 6.45) is 0. The molecule has 1 aliphatic heterocycles. The van der Waals surface area contributed by atoms with E-state index in [1.165, 1.54) is 0 Å². The molecule has 0 aliphatic carbocycles. The van der Waals surface area contributed by atoms with E-state index in [0.717, 1.165) is 5.56 Å². The largest absolute Gasteiger partial charge is 0.454 e. The molecule has 0 spiro atoms. The number of ether oxygens (including phenoxy) is 2. The average molecular weight is 354 g/mol. The van der Waals surface area contributed by atoms with Gasteiger partial charge in [-0.15, -0.1) is 0 Å². The van der Waals surface area contributed by atoms with Crippen molar-refractivity contribution in [2.75, 3.05) is 12.1 Å². The predicted octanol–water partition coefficient (Wildman–Crippen LogP) is 3.33. The molecular formula is C20H22N2O4. The zero-order valence-corrected chi connectivity index (χ0v) is 15.1. The van der Waals surface area contributed by atoms with Gasteiger partial charge in [0.25, 0.3) is 5.91 Å². The summed E-state index contributed by atoms with van der Waals surface area (Å²) in [5.41, 5.74) is 1.27. The number of benzene rings is 2. The number of fused-ring (bicyclic) bond motifs is 1. The lowest BCUT2D eigenvalue weighted by atomic mass is 9.95. The van der Waals surface area contributed by atoms with Gasteiger partial charge >= 0.3 is 0 Å². The minimum atomic E-state index is -0.546. The van der Waals surface area contributed by atoms with Crippen LogP contribution in [-0.4, -0.2) is 18.6 Å². The van der Waals surface area contributed by atoms with Crippen LogP contribution in [0.3, 0.4) is 0 Å². The molecule has 3 rings (SSSR count). The summed E-state index contributed by atoms with van der Waals surface area (Å²) < 4.78 is 10.6. The Kier molecular flexibility index (Phi) is 4.84. The molecule has 2 amide bonds. The number of hydrogen-bond donors (Lipinski definition) is 2. The van der Waals surface area contributed by atoms with Gasteiger partial charge in [-0.3, -0.25) is 9.59 Å². The summed E-state index contributed by atoms with van der Waals surface area (Å²) in [6, 6.07) is 12.5. The molecule has 0 saturated heterocycles. The highest BCUT2D eigenvalue weighted by atomic mass is 16.7. The molecule has 0 saturated carbocycles. The van der Waals surface area contributed by atoms with E-state index in [4.69, 9.17) is 9.47 Å². The molecule has 0 radical (unpaired) electrons. The Morgan fingerprint density at radius 2 is 1.77 bits per heavy atom. The van der Waals surface area contributed by atoms with E-state index in [1.807, 2.05) is 39.0 Å². The second-order valence-corrected chi connectivity index (χ2v) is 7.12. The molecule has 6 heteroatoms. The number of carbonyl (C=O) groups is 2. The topological polar surface area (TPSA) is 76.7 Å². The number of rotatable bonds is 4. The number of nitrogens with one attached hydrogen (secondary N) is 2. The normalized spacial score (nSPS) is 12.6. The first-order valence-electron chi connectivity index (χ1n) is 8.42. The van der Waals surface area contributed by atoms with Crippen LogP contribution in [0.1, 0.15) is 36.7 Å². The van der Waals surface area contributed by atoms with Crippen molar-refractivity contribution in [3.05, 3.63) is 53.6 Å². The molecule has 0 bridgehead atoms. The van der Waals surface area contributed by atoms with E-state index >= 15 is 0 Å². The van der Waals surface area contributed by atoms with E-state index in [1.54, 1.807) is 24.3 Å². The van der Waals surface area contributed by atoms with Crippen molar-refractivity contribution < 1.29 is 19.1 Å². The molecule has 0 unspecified atom stereocenters. The van der Waals surface area contributed by atoms with Crippen LogP contribution in [0.25, 0.3) is 0 Å². The smallest absolute Gasteiger partial charge is 0.253 e. The Hall–Kier alpha value is -3.02. The van der Waals surface area contributed by atoms with Gasteiger partial charge in [0, 0.05) is 12.0 Å². The van der Waals surface area contributed by atoms with Crippen molar-refractivity contribution >= 4 is 17.5 Å². The van der Waals surface area contributed by atoms with Gasteiger partial charge in [-0.1, -0.05) is 39.0 Å². The molecule has 0 atom stereocenters. The summed E-state index contributed by atoms with van der Waals surface area (Å²) in [5.74, 6) is 0.978. The maximum atomic E-state index is 12.6. The van der Waals surface area contributed by atoms with Crippen molar-refractivity contribution in [1.82, 2.24) is 5.32 Å². The van der Waals surface area contributed by atoms with Gasteiger partial charge in [0.15, 0.2) is 11.5 Å². The number of hydrogen-bond acceptors (Lipinski definition) is 4. The highest BCUT2D eigenvalue weighted by Crippen LogP contribution is 2.32. The van der Waals surface area contributed by atoms with Crippen molar-refractivity contribution in [3.8, 4) is 11.5 Å². The third-order valence-corrected chi connectivity index (χ3v) is 3.99. The molecular weight excluding hydrogens is 332 g/mol. The molecule has 0 fully saturated rings. The van der Waals surface area contributed by atoms with Crippen molar-refractivity contribution in [1.29, 1.82) is 0 Å². The van der Waals surface area contributed by atoms with Gasteiger partial charge < -0.3 is 20.1 Å². The first kappa shape index (κ1) is 17.8. The minimum Gasteiger partial charge on any atom is -0.454 e. The zero-order chi connectivity index (χ0) is 18.7. The molecule has 1 aliphatic rings. The van der Waals surface area contributed by atoms with E-state index in [9.17, 15) is 9.59 Å². The van der Waals surface area contributed by atoms with Crippen LogP contribution in [0.4, 0.5) is 5.69 Å². The standard InChI is InChI=1S/C20H22N2O4/c1-20(2,3)19(24)22-15-7-5-4-6-14(15)18(23)21-11-13-8-9-16-17(10-13)26-12-25-16/h4-10H,11-12H2,1-3H3,(H,21,23)(H,22,24). The van der Waals surface area contributed by atoms with Gasteiger partial charge in [-0.2, -0.15) is 0 Å². The summed E-state index contributed by atoms with van der Waals surface area (Å²) >= 11 is 0. The Morgan fingerprint density at radius 1 is 1.04 bits per heavy atom. The van der Waals surface area contributed by atoms with E-state index in [0.29, 0.717) is 29.3 Å². The molecule has 2 aromatic rings. The molecule has 136 valence electrons. The van der Waals surface area contributed by atoms with Crippen LogP contribution < -0.4 is 20.1 Å². The Balaban J connectivity index is 1.69. The molecule has 6 nitrogen and oxygen atoms in total. The molecule has 0 aromatic heterocycles. The Bertz CT molecular complexity index is 840. The van der Waals surface area contributed by atoms with Crippen LogP contribution in [0, 0.1) is 5.41 Å². The number of anilines is 1. The fourth-order valence-corrected chi connectivity index (χ4v) is 2.43. The fourth-order valence-electron chi connectivity index (χ4n) is 2.43. The molecule has 2 N–H and O–H groups in total. The van der Waals surface area contributed by atoms with Crippen LogP contribution in [0.5, 0.6) is 11.5 Å². The number of carbonyl (C=O) groups excluding carboxylic acids is 2. The van der Waals surface area contributed by atoms with Gasteiger partial charge in [-0.25, -0.2) is 0 Å². The maximum absolute atomic E-state index is 12.6. The quantitative estimate of drug-likeness (QED) is 0.883. The zero-order valence-electron chi connectivity index (χ0n) is 15.1. The molecule has 2 aromatic carbocycles. The van der Waals surface area contributed by atoms with Crippen LogP contribution in [0.15, 0.2) is 42.5 Å². The number of para-hydroxylation sites is 1. The van der Waals surface area contributed by atoms with Crippen molar-refractivity contribution in [3.63, 3.8) is 0 Å². The average Bonchev–Trinajstić information content (AvgIpc) is 3.07. The van der Waals surface area contributed by atoms with Crippen LogP contribution in [0.2, 0.25) is 0 Å². The van der Waals surface area contributed by atoms with E-state index < -0.39 is 5.41 Å². The van der Waals surface area contributed by atoms with Crippen molar-refractivity contribution in [2.45, 2.75) is 27.3 Å². The fraction of sp³-hybridized carbons (Fsp3) is 0.300. The predicted molar refractivity (Wildman–Crippen MR) is 98.3 cm³/mol. The Morgan fingerprint density at radius 3 is 2.54 bits per heavy atom.